The van der Waals surface area contributed by atoms with Gasteiger partial charge in [-0.15, -0.1) is 0 Å². The van der Waals surface area contributed by atoms with Crippen molar-refractivity contribution in [2.45, 2.75) is 12.8 Å². The smallest absolute Gasteiger partial charge is 0.354 e. The van der Waals surface area contributed by atoms with Crippen LogP contribution in [0.1, 0.15) is 23.3 Å². The fourth-order valence-corrected chi connectivity index (χ4v) is 2.69. The van der Waals surface area contributed by atoms with Crippen LogP contribution in [0.3, 0.4) is 0 Å². The highest BCUT2D eigenvalue weighted by atomic mass is 16.4. The van der Waals surface area contributed by atoms with E-state index in [0.29, 0.717) is 45.1 Å². The number of hydrogen-bond donors (Lipinski definition) is 2. The number of nitrogens with zero attached hydrogens (tertiary/aromatic N) is 5. The second-order valence-electron chi connectivity index (χ2n) is 6.15. The highest BCUT2D eigenvalue weighted by Gasteiger charge is 2.20. The van der Waals surface area contributed by atoms with Crippen LogP contribution < -0.4 is 4.90 Å². The highest BCUT2D eigenvalue weighted by molar-refractivity contribution is 5.85. The third-order valence-electron chi connectivity index (χ3n) is 4.14. The van der Waals surface area contributed by atoms with Crippen LogP contribution in [0.2, 0.25) is 0 Å². The third-order valence-corrected chi connectivity index (χ3v) is 4.14. The van der Waals surface area contributed by atoms with Crippen molar-refractivity contribution in [3.8, 4) is 0 Å². The molecule has 0 aromatic carbocycles. The molecule has 1 fully saturated rings. The van der Waals surface area contributed by atoms with Crippen molar-refractivity contribution in [2.24, 2.45) is 0 Å². The maximum atomic E-state index is 12.2. The van der Waals surface area contributed by atoms with Crippen molar-refractivity contribution in [1.82, 2.24) is 19.8 Å². The van der Waals surface area contributed by atoms with E-state index in [0.717, 1.165) is 0 Å². The summed E-state index contributed by atoms with van der Waals surface area (Å²) in [5.41, 5.74) is -0.0830. The van der Waals surface area contributed by atoms with Crippen LogP contribution in [0.25, 0.3) is 0 Å². The van der Waals surface area contributed by atoms with Crippen LogP contribution in [0.15, 0.2) is 12.3 Å². The van der Waals surface area contributed by atoms with Gasteiger partial charge < -0.3 is 24.9 Å². The normalized spacial score (nSPS) is 17.7. The summed E-state index contributed by atoms with van der Waals surface area (Å²) in [5, 5.41) is 18.1. The Morgan fingerprint density at radius 1 is 1.15 bits per heavy atom. The van der Waals surface area contributed by atoms with Gasteiger partial charge >= 0.3 is 11.9 Å². The number of carbonyl (C=O) groups is 3. The fourth-order valence-electron chi connectivity index (χ4n) is 2.69. The fraction of sp³-hybridized carbons (Fsp3) is 0.562. The first kappa shape index (κ1) is 19.6. The second-order valence-corrected chi connectivity index (χ2v) is 6.15. The molecule has 26 heavy (non-hydrogen) atoms. The van der Waals surface area contributed by atoms with E-state index >= 15 is 0 Å². The molecule has 0 bridgehead atoms. The molecule has 2 rings (SSSR count). The maximum absolute atomic E-state index is 12.2. The van der Waals surface area contributed by atoms with Crippen LogP contribution in [0, 0.1) is 0 Å². The molecule has 0 saturated carbocycles. The Morgan fingerprint density at radius 3 is 2.62 bits per heavy atom. The van der Waals surface area contributed by atoms with Crippen LogP contribution in [-0.2, 0) is 9.59 Å². The zero-order chi connectivity index (χ0) is 19.1. The van der Waals surface area contributed by atoms with Gasteiger partial charge in [-0.25, -0.2) is 14.8 Å². The summed E-state index contributed by atoms with van der Waals surface area (Å²) in [5.74, 6) is -2.04. The molecular formula is C16H23N5O5. The van der Waals surface area contributed by atoms with Gasteiger partial charge in [0, 0.05) is 45.3 Å². The second kappa shape index (κ2) is 9.09. The van der Waals surface area contributed by atoms with E-state index in [-0.39, 0.29) is 24.6 Å². The molecule has 1 aliphatic heterocycles. The lowest BCUT2D eigenvalue weighted by Gasteiger charge is -2.25. The number of anilines is 1. The molecule has 0 spiro atoms. The first-order chi connectivity index (χ1) is 12.4. The monoisotopic (exact) mass is 365 g/mol. The molecule has 142 valence electrons. The molecule has 1 saturated heterocycles. The summed E-state index contributed by atoms with van der Waals surface area (Å²) in [6.07, 6.45) is 2.19. The Kier molecular flexibility index (Phi) is 6.84. The quantitative estimate of drug-likeness (QED) is 0.734. The van der Waals surface area contributed by atoms with Crippen LogP contribution in [0.4, 0.5) is 5.95 Å². The van der Waals surface area contributed by atoms with Gasteiger partial charge in [-0.2, -0.15) is 0 Å². The zero-order valence-corrected chi connectivity index (χ0v) is 14.7. The van der Waals surface area contributed by atoms with Crippen LogP contribution in [-0.4, -0.2) is 94.1 Å². The molecule has 2 heterocycles. The Hall–Kier alpha value is -2.75. The molecule has 10 nitrogen and oxygen atoms in total. The van der Waals surface area contributed by atoms with E-state index in [1.54, 1.807) is 0 Å². The van der Waals surface area contributed by atoms with Gasteiger partial charge in [0.15, 0.2) is 5.69 Å². The average Bonchev–Trinajstić information content (AvgIpc) is 2.63. The summed E-state index contributed by atoms with van der Waals surface area (Å²) in [4.78, 5) is 47.7. The Bertz CT molecular complexity index is 668. The molecule has 1 aromatic rings. The van der Waals surface area contributed by atoms with Crippen molar-refractivity contribution in [3.05, 3.63) is 18.0 Å². The minimum Gasteiger partial charge on any atom is -0.480 e. The summed E-state index contributed by atoms with van der Waals surface area (Å²) in [6.45, 7) is 2.20. The van der Waals surface area contributed by atoms with Crippen LogP contribution in [0.5, 0.6) is 0 Å². The zero-order valence-electron chi connectivity index (χ0n) is 14.7. The number of carbonyl (C=O) groups excluding carboxylic acids is 1. The topological polar surface area (TPSA) is 127 Å². The predicted molar refractivity (Wildman–Crippen MR) is 92.2 cm³/mol. The van der Waals surface area contributed by atoms with Gasteiger partial charge in [-0.3, -0.25) is 9.59 Å². The average molecular weight is 365 g/mol. The van der Waals surface area contributed by atoms with Crippen molar-refractivity contribution in [3.63, 3.8) is 0 Å². The minimum atomic E-state index is -1.12. The molecule has 0 unspecified atom stereocenters. The van der Waals surface area contributed by atoms with Gasteiger partial charge in [-0.1, -0.05) is 0 Å². The lowest BCUT2D eigenvalue weighted by atomic mass is 10.3. The molecular weight excluding hydrogens is 342 g/mol. The third kappa shape index (κ3) is 5.66. The van der Waals surface area contributed by atoms with E-state index in [1.807, 2.05) is 16.8 Å². The number of likely N-dealkylation sites (N-methyl/N-ethyl adjacent to an activating group) is 1. The molecule has 0 aliphatic carbocycles. The van der Waals surface area contributed by atoms with Crippen molar-refractivity contribution in [1.29, 1.82) is 0 Å². The number of carboxylic acids is 2. The summed E-state index contributed by atoms with van der Waals surface area (Å²) < 4.78 is 0. The number of aromatic carboxylic acids is 1. The number of rotatable bonds is 4. The summed E-state index contributed by atoms with van der Waals surface area (Å²) in [7, 11) is 1.87. The number of carboxylic acid groups (broad SMARTS) is 2. The molecule has 1 amide bonds. The van der Waals surface area contributed by atoms with Crippen molar-refractivity contribution >= 4 is 23.8 Å². The molecule has 0 radical (unpaired) electrons. The first-order valence-corrected chi connectivity index (χ1v) is 8.36. The van der Waals surface area contributed by atoms with Crippen molar-refractivity contribution in [2.75, 3.05) is 51.2 Å². The van der Waals surface area contributed by atoms with E-state index < -0.39 is 11.9 Å². The number of hydrogen-bond acceptors (Lipinski definition) is 7. The molecule has 2 N–H and O–H groups in total. The predicted octanol–water partition coefficient (Wildman–Crippen LogP) is -0.380. The number of aromatic nitrogens is 2. The van der Waals surface area contributed by atoms with E-state index in [4.69, 9.17) is 10.2 Å². The van der Waals surface area contributed by atoms with Crippen LogP contribution >= 0.6 is 0 Å². The molecule has 1 aliphatic rings. The largest absolute Gasteiger partial charge is 0.480 e. The van der Waals surface area contributed by atoms with E-state index in [2.05, 4.69) is 9.97 Å². The van der Waals surface area contributed by atoms with Gasteiger partial charge in [-0.05, 0) is 19.5 Å². The first-order valence-electron chi connectivity index (χ1n) is 8.36. The van der Waals surface area contributed by atoms with Gasteiger partial charge in [0.25, 0.3) is 0 Å². The maximum Gasteiger partial charge on any atom is 0.354 e. The number of amides is 1. The molecule has 0 atom stereocenters. The van der Waals surface area contributed by atoms with Gasteiger partial charge in [0.1, 0.15) is 6.54 Å². The molecule has 10 heteroatoms. The van der Waals surface area contributed by atoms with Crippen molar-refractivity contribution < 1.29 is 24.6 Å². The standard InChI is InChI=1S/C16H23N5O5/c1-19-8-4-13(22)21(11-14(23)24)7-2-6-20(10-9-19)16-17-5-3-12(18-16)15(25)26/h3,5H,2,4,6-11H2,1H3,(H,23,24)(H,25,26). The highest BCUT2D eigenvalue weighted by Crippen LogP contribution is 2.11. The SMILES string of the molecule is CN1CCC(=O)N(CC(=O)O)CCCN(c2nccc(C(=O)O)n2)CC1. The Balaban J connectivity index is 2.16. The number of aliphatic carboxylic acids is 1. The minimum absolute atomic E-state index is 0.0830. The van der Waals surface area contributed by atoms with E-state index in [1.165, 1.54) is 17.2 Å². The lowest BCUT2D eigenvalue weighted by Crippen LogP contribution is -2.38. The van der Waals surface area contributed by atoms with Gasteiger partial charge in [0.05, 0.1) is 0 Å². The van der Waals surface area contributed by atoms with E-state index in [9.17, 15) is 14.4 Å². The van der Waals surface area contributed by atoms with Gasteiger partial charge in [0.2, 0.25) is 11.9 Å². The lowest BCUT2D eigenvalue weighted by molar-refractivity contribution is -0.144. The summed E-state index contributed by atoms with van der Waals surface area (Å²) >= 11 is 0. The Labute approximate surface area is 151 Å². The summed E-state index contributed by atoms with van der Waals surface area (Å²) in [6, 6.07) is 1.33. The molecule has 1 aromatic heterocycles. The Morgan fingerprint density at radius 2 is 1.92 bits per heavy atom.